The number of likely N-dealkylation sites (tertiary alicyclic amines) is 1. The van der Waals surface area contributed by atoms with Gasteiger partial charge in [-0.3, -0.25) is 9.59 Å². The van der Waals surface area contributed by atoms with Crippen molar-refractivity contribution in [3.05, 3.63) is 33.8 Å². The van der Waals surface area contributed by atoms with Crippen LogP contribution in [-0.4, -0.2) is 60.9 Å². The van der Waals surface area contributed by atoms with Gasteiger partial charge in [0.1, 0.15) is 6.04 Å². The molecule has 0 aliphatic carbocycles. The Morgan fingerprint density at radius 3 is 2.82 bits per heavy atom. The predicted octanol–water partition coefficient (Wildman–Crippen LogP) is 3.69. The second kappa shape index (κ2) is 11.9. The van der Waals surface area contributed by atoms with Gasteiger partial charge in [0.05, 0.1) is 10.6 Å². The molecular formula is C20H29Cl2N3O2S. The molecule has 2 rings (SSSR count). The van der Waals surface area contributed by atoms with Crippen LogP contribution in [0.15, 0.2) is 18.2 Å². The van der Waals surface area contributed by atoms with Crippen LogP contribution in [0.1, 0.15) is 36.5 Å². The van der Waals surface area contributed by atoms with Crippen molar-refractivity contribution in [2.24, 2.45) is 5.92 Å². The molecule has 0 bridgehead atoms. The minimum atomic E-state index is -0.591. The SMILES string of the molecule is CSCCC(NC(=O)c1ccc(Cl)cc1Cl)C(=O)NCCN1CCCC(C)C1. The van der Waals surface area contributed by atoms with Crippen molar-refractivity contribution in [1.82, 2.24) is 15.5 Å². The van der Waals surface area contributed by atoms with Gasteiger partial charge in [0, 0.05) is 24.7 Å². The molecule has 0 spiro atoms. The zero-order chi connectivity index (χ0) is 20.5. The van der Waals surface area contributed by atoms with Crippen molar-refractivity contribution >= 4 is 46.8 Å². The summed E-state index contributed by atoms with van der Waals surface area (Å²) in [6, 6.07) is 4.11. The van der Waals surface area contributed by atoms with Crippen LogP contribution in [0.2, 0.25) is 10.0 Å². The molecule has 28 heavy (non-hydrogen) atoms. The number of piperidine rings is 1. The van der Waals surface area contributed by atoms with Gasteiger partial charge in [-0.25, -0.2) is 0 Å². The fourth-order valence-electron chi connectivity index (χ4n) is 3.36. The molecule has 1 fully saturated rings. The first-order valence-electron chi connectivity index (χ1n) is 9.65. The Bertz CT molecular complexity index is 675. The molecule has 1 heterocycles. The highest BCUT2D eigenvalue weighted by Crippen LogP contribution is 2.21. The van der Waals surface area contributed by atoms with Gasteiger partial charge in [0.25, 0.3) is 5.91 Å². The molecular weight excluding hydrogens is 417 g/mol. The lowest BCUT2D eigenvalue weighted by Gasteiger charge is -2.31. The normalized spacial score (nSPS) is 18.5. The molecule has 8 heteroatoms. The Labute approximate surface area is 181 Å². The minimum Gasteiger partial charge on any atom is -0.353 e. The Hall–Kier alpha value is -0.950. The number of thioether (sulfide) groups is 1. The quantitative estimate of drug-likeness (QED) is 0.608. The Kier molecular flexibility index (Phi) is 9.92. The fraction of sp³-hybridized carbons (Fsp3) is 0.600. The summed E-state index contributed by atoms with van der Waals surface area (Å²) in [5.41, 5.74) is 0.315. The van der Waals surface area contributed by atoms with Gasteiger partial charge in [0.15, 0.2) is 0 Å². The number of halogens is 2. The molecule has 0 radical (unpaired) electrons. The number of hydrogen-bond donors (Lipinski definition) is 2. The van der Waals surface area contributed by atoms with Crippen LogP contribution in [0.5, 0.6) is 0 Å². The molecule has 1 aliphatic heterocycles. The lowest BCUT2D eigenvalue weighted by atomic mass is 10.0. The molecule has 2 atom stereocenters. The average molecular weight is 446 g/mol. The van der Waals surface area contributed by atoms with E-state index in [4.69, 9.17) is 23.2 Å². The molecule has 2 unspecified atom stereocenters. The molecule has 2 amide bonds. The lowest BCUT2D eigenvalue weighted by molar-refractivity contribution is -0.123. The maximum atomic E-state index is 12.7. The van der Waals surface area contributed by atoms with Crippen LogP contribution in [0.25, 0.3) is 0 Å². The summed E-state index contributed by atoms with van der Waals surface area (Å²) in [4.78, 5) is 27.6. The van der Waals surface area contributed by atoms with E-state index in [1.807, 2.05) is 6.26 Å². The van der Waals surface area contributed by atoms with Gasteiger partial charge in [-0.15, -0.1) is 0 Å². The Morgan fingerprint density at radius 2 is 2.14 bits per heavy atom. The molecule has 0 aromatic heterocycles. The number of amides is 2. The number of nitrogens with zero attached hydrogens (tertiary/aromatic N) is 1. The summed E-state index contributed by atoms with van der Waals surface area (Å²) >= 11 is 13.6. The van der Waals surface area contributed by atoms with Gasteiger partial charge >= 0.3 is 0 Å². The first-order valence-corrected chi connectivity index (χ1v) is 11.8. The van der Waals surface area contributed by atoms with E-state index in [0.717, 1.165) is 25.4 Å². The first kappa shape index (κ1) is 23.3. The number of rotatable bonds is 9. The minimum absolute atomic E-state index is 0.155. The van der Waals surface area contributed by atoms with Crippen LogP contribution in [0.3, 0.4) is 0 Å². The summed E-state index contributed by atoms with van der Waals surface area (Å²) < 4.78 is 0. The van der Waals surface area contributed by atoms with E-state index in [0.29, 0.717) is 29.5 Å². The van der Waals surface area contributed by atoms with Crippen molar-refractivity contribution in [3.63, 3.8) is 0 Å². The van der Waals surface area contributed by atoms with E-state index in [1.54, 1.807) is 23.9 Å². The zero-order valence-electron chi connectivity index (χ0n) is 16.5. The first-order chi connectivity index (χ1) is 13.4. The van der Waals surface area contributed by atoms with E-state index in [1.165, 1.54) is 18.9 Å². The summed E-state index contributed by atoms with van der Waals surface area (Å²) in [6.45, 7) is 5.85. The third-order valence-corrected chi connectivity index (χ3v) is 6.07. The Morgan fingerprint density at radius 1 is 1.36 bits per heavy atom. The van der Waals surface area contributed by atoms with Crippen molar-refractivity contribution in [2.45, 2.75) is 32.2 Å². The third-order valence-electron chi connectivity index (χ3n) is 4.88. The van der Waals surface area contributed by atoms with Crippen molar-refractivity contribution in [2.75, 3.05) is 38.2 Å². The zero-order valence-corrected chi connectivity index (χ0v) is 18.8. The molecule has 1 aliphatic rings. The number of benzene rings is 1. The van der Waals surface area contributed by atoms with E-state index in [2.05, 4.69) is 22.5 Å². The molecule has 2 N–H and O–H groups in total. The average Bonchev–Trinajstić information content (AvgIpc) is 2.64. The largest absolute Gasteiger partial charge is 0.353 e. The lowest BCUT2D eigenvalue weighted by Crippen LogP contribution is -2.49. The predicted molar refractivity (Wildman–Crippen MR) is 119 cm³/mol. The molecule has 5 nitrogen and oxygen atoms in total. The summed E-state index contributed by atoms with van der Waals surface area (Å²) in [7, 11) is 0. The van der Waals surface area contributed by atoms with Crippen molar-refractivity contribution in [3.8, 4) is 0 Å². The summed E-state index contributed by atoms with van der Waals surface area (Å²) in [6.07, 6.45) is 5.03. The number of carbonyl (C=O) groups is 2. The number of nitrogens with one attached hydrogen (secondary N) is 2. The molecule has 1 aromatic carbocycles. The maximum Gasteiger partial charge on any atom is 0.253 e. The number of carbonyl (C=O) groups excluding carboxylic acids is 2. The van der Waals surface area contributed by atoms with E-state index < -0.39 is 6.04 Å². The van der Waals surface area contributed by atoms with Gasteiger partial charge in [-0.2, -0.15) is 11.8 Å². The summed E-state index contributed by atoms with van der Waals surface area (Å²) in [5.74, 6) is 0.962. The maximum absolute atomic E-state index is 12.7. The highest BCUT2D eigenvalue weighted by atomic mass is 35.5. The van der Waals surface area contributed by atoms with Crippen molar-refractivity contribution < 1.29 is 9.59 Å². The standard InChI is InChI=1S/C20H29Cl2N3O2S/c1-14-4-3-9-25(13-14)10-8-23-20(27)18(7-11-28-2)24-19(26)16-6-5-15(21)12-17(16)22/h5-6,12,14,18H,3-4,7-11,13H2,1-2H3,(H,23,27)(H,24,26). The van der Waals surface area contributed by atoms with Crippen molar-refractivity contribution in [1.29, 1.82) is 0 Å². The Balaban J connectivity index is 1.89. The van der Waals surface area contributed by atoms with Crippen LogP contribution in [-0.2, 0) is 4.79 Å². The van der Waals surface area contributed by atoms with Crippen LogP contribution >= 0.6 is 35.0 Å². The molecule has 1 aromatic rings. The highest BCUT2D eigenvalue weighted by molar-refractivity contribution is 7.98. The van der Waals surface area contributed by atoms with Gasteiger partial charge in [-0.1, -0.05) is 30.1 Å². The second-order valence-electron chi connectivity index (χ2n) is 7.27. The highest BCUT2D eigenvalue weighted by Gasteiger charge is 2.23. The smallest absolute Gasteiger partial charge is 0.253 e. The van der Waals surface area contributed by atoms with Crippen LogP contribution in [0.4, 0.5) is 0 Å². The molecule has 156 valence electrons. The van der Waals surface area contributed by atoms with E-state index in [9.17, 15) is 9.59 Å². The van der Waals surface area contributed by atoms with E-state index >= 15 is 0 Å². The van der Waals surface area contributed by atoms with Gasteiger partial charge in [0.2, 0.25) is 5.91 Å². The topological polar surface area (TPSA) is 61.4 Å². The molecule has 0 saturated carbocycles. The van der Waals surface area contributed by atoms with Gasteiger partial charge < -0.3 is 15.5 Å². The van der Waals surface area contributed by atoms with Gasteiger partial charge in [-0.05, 0) is 61.9 Å². The second-order valence-corrected chi connectivity index (χ2v) is 9.10. The van der Waals surface area contributed by atoms with E-state index in [-0.39, 0.29) is 16.8 Å². The number of hydrogen-bond acceptors (Lipinski definition) is 4. The third kappa shape index (κ3) is 7.47. The molecule has 1 saturated heterocycles. The fourth-order valence-corrected chi connectivity index (χ4v) is 4.33. The monoisotopic (exact) mass is 445 g/mol. The van der Waals surface area contributed by atoms with Crippen LogP contribution in [0, 0.1) is 5.92 Å². The van der Waals surface area contributed by atoms with Crippen LogP contribution < -0.4 is 10.6 Å². The summed E-state index contributed by atoms with van der Waals surface area (Å²) in [5, 5.41) is 6.53.